The quantitative estimate of drug-likeness (QED) is 0.539. The van der Waals surface area contributed by atoms with Gasteiger partial charge in [0.25, 0.3) is 5.91 Å². The molecule has 38 heavy (non-hydrogen) atoms. The third-order valence-electron chi connectivity index (χ3n) is 7.41. The van der Waals surface area contributed by atoms with Crippen LogP contribution in [0.15, 0.2) is 30.3 Å². The number of hydrogen-bond donors (Lipinski definition) is 1. The third kappa shape index (κ3) is 6.84. The molecule has 0 bridgehead atoms. The Hall–Kier alpha value is -2.68. The summed E-state index contributed by atoms with van der Waals surface area (Å²) < 4.78 is 0. The van der Waals surface area contributed by atoms with Gasteiger partial charge in [-0.3, -0.25) is 19.3 Å². The van der Waals surface area contributed by atoms with E-state index < -0.39 is 6.04 Å². The third-order valence-corrected chi connectivity index (χ3v) is 7.83. The molecule has 2 aliphatic rings. The van der Waals surface area contributed by atoms with Crippen LogP contribution in [0.1, 0.15) is 59.8 Å². The predicted molar refractivity (Wildman–Crippen MR) is 152 cm³/mol. The van der Waals surface area contributed by atoms with Gasteiger partial charge in [-0.05, 0) is 69.4 Å². The van der Waals surface area contributed by atoms with E-state index in [0.717, 1.165) is 43.1 Å². The van der Waals surface area contributed by atoms with Crippen LogP contribution in [-0.4, -0.2) is 76.2 Å². The number of rotatable bonds is 7. The standard InChI is InChI=1S/C28H36ClN5O3.ClH/c1-5-32(4)28(37)21-15-19(3)30-25(16-21)31-27(36)24-8-9-26(35)34(24)22-10-12-33(13-11-22)17-20-6-7-23(29)18(2)14-20;/h6-7,14-16,22,24H,5,8-13,17H2,1-4H3,(H,30,31,36);1H/t24-;/m1./s1. The molecule has 206 valence electrons. The average Bonchev–Trinajstić information content (AvgIpc) is 3.27. The Kier molecular flexibility index (Phi) is 10.2. The molecule has 1 N–H and O–H groups in total. The van der Waals surface area contributed by atoms with Crippen LogP contribution in [0.2, 0.25) is 5.02 Å². The van der Waals surface area contributed by atoms with E-state index >= 15 is 0 Å². The van der Waals surface area contributed by atoms with Crippen LogP contribution < -0.4 is 5.32 Å². The van der Waals surface area contributed by atoms with Crippen molar-refractivity contribution in [1.29, 1.82) is 0 Å². The number of hydrogen-bond acceptors (Lipinski definition) is 5. The molecule has 2 aromatic rings. The van der Waals surface area contributed by atoms with E-state index in [1.807, 2.05) is 19.9 Å². The molecular formula is C28H37Cl2N5O3. The number of benzene rings is 1. The molecule has 0 spiro atoms. The lowest BCUT2D eigenvalue weighted by molar-refractivity contribution is -0.136. The van der Waals surface area contributed by atoms with Gasteiger partial charge >= 0.3 is 0 Å². The van der Waals surface area contributed by atoms with Crippen LogP contribution in [0.3, 0.4) is 0 Å². The van der Waals surface area contributed by atoms with E-state index in [1.54, 1.807) is 35.9 Å². The van der Waals surface area contributed by atoms with Crippen LogP contribution in [0.4, 0.5) is 5.82 Å². The van der Waals surface area contributed by atoms with Gasteiger partial charge in [-0.1, -0.05) is 23.7 Å². The van der Waals surface area contributed by atoms with Crippen LogP contribution in [0.25, 0.3) is 0 Å². The zero-order valence-corrected chi connectivity index (χ0v) is 24.1. The van der Waals surface area contributed by atoms with E-state index in [0.29, 0.717) is 36.5 Å². The lowest BCUT2D eigenvalue weighted by Crippen LogP contribution is -2.51. The Labute approximate surface area is 236 Å². The number of piperidine rings is 1. The summed E-state index contributed by atoms with van der Waals surface area (Å²) in [6, 6.07) is 8.96. The maximum atomic E-state index is 13.3. The van der Waals surface area contributed by atoms with Gasteiger partial charge in [0.2, 0.25) is 11.8 Å². The van der Waals surface area contributed by atoms with Gasteiger partial charge < -0.3 is 15.1 Å². The Balaban J connectivity index is 0.00000400. The Bertz CT molecular complexity index is 1180. The number of likely N-dealkylation sites (tertiary alicyclic amines) is 2. The Morgan fingerprint density at radius 2 is 1.84 bits per heavy atom. The van der Waals surface area contributed by atoms with Crippen molar-refractivity contribution in [2.45, 2.75) is 65.1 Å². The number of anilines is 1. The summed E-state index contributed by atoms with van der Waals surface area (Å²) >= 11 is 6.16. The number of halogens is 2. The topological polar surface area (TPSA) is 85.8 Å². The second-order valence-electron chi connectivity index (χ2n) is 10.1. The Morgan fingerprint density at radius 3 is 2.50 bits per heavy atom. The summed E-state index contributed by atoms with van der Waals surface area (Å²) in [5, 5.41) is 3.66. The molecule has 2 fully saturated rings. The minimum atomic E-state index is -0.525. The molecule has 2 saturated heterocycles. The smallest absolute Gasteiger partial charge is 0.253 e. The summed E-state index contributed by atoms with van der Waals surface area (Å²) in [5.74, 6) is 0.00162. The summed E-state index contributed by atoms with van der Waals surface area (Å²) in [5.41, 5.74) is 3.43. The fourth-order valence-electron chi connectivity index (χ4n) is 5.27. The van der Waals surface area contributed by atoms with Gasteiger partial charge in [-0.25, -0.2) is 4.98 Å². The molecule has 0 unspecified atom stereocenters. The van der Waals surface area contributed by atoms with Crippen molar-refractivity contribution in [3.63, 3.8) is 0 Å². The minimum Gasteiger partial charge on any atom is -0.342 e. The van der Waals surface area contributed by atoms with Crippen molar-refractivity contribution in [2.24, 2.45) is 0 Å². The largest absolute Gasteiger partial charge is 0.342 e. The zero-order valence-electron chi connectivity index (χ0n) is 22.5. The van der Waals surface area contributed by atoms with Crippen molar-refractivity contribution in [3.8, 4) is 0 Å². The number of nitrogens with zero attached hydrogens (tertiary/aromatic N) is 4. The molecule has 3 heterocycles. The number of aromatic nitrogens is 1. The highest BCUT2D eigenvalue weighted by atomic mass is 35.5. The predicted octanol–water partition coefficient (Wildman–Crippen LogP) is 4.46. The normalized spacial score (nSPS) is 18.3. The second kappa shape index (κ2) is 12.9. The van der Waals surface area contributed by atoms with E-state index in [2.05, 4.69) is 27.3 Å². The van der Waals surface area contributed by atoms with E-state index in [1.165, 1.54) is 5.56 Å². The van der Waals surface area contributed by atoms with Gasteiger partial charge in [0.05, 0.1) is 0 Å². The first-order valence-corrected chi connectivity index (χ1v) is 13.4. The first-order chi connectivity index (χ1) is 17.7. The van der Waals surface area contributed by atoms with Gasteiger partial charge in [-0.15, -0.1) is 12.4 Å². The second-order valence-corrected chi connectivity index (χ2v) is 10.5. The summed E-state index contributed by atoms with van der Waals surface area (Å²) in [6.45, 7) is 8.86. The highest BCUT2D eigenvalue weighted by Gasteiger charge is 2.41. The minimum absolute atomic E-state index is 0. The lowest BCUT2D eigenvalue weighted by atomic mass is 10.0. The maximum Gasteiger partial charge on any atom is 0.253 e. The van der Waals surface area contributed by atoms with E-state index in [4.69, 9.17) is 11.6 Å². The number of aryl methyl sites for hydroxylation is 2. The molecule has 4 rings (SSSR count). The van der Waals surface area contributed by atoms with Crippen molar-refractivity contribution in [1.82, 2.24) is 19.7 Å². The summed E-state index contributed by atoms with van der Waals surface area (Å²) in [4.78, 5) is 49.0. The zero-order chi connectivity index (χ0) is 26.7. The van der Waals surface area contributed by atoms with E-state index in [-0.39, 0.29) is 36.2 Å². The van der Waals surface area contributed by atoms with Gasteiger partial charge in [0.15, 0.2) is 0 Å². The van der Waals surface area contributed by atoms with Gasteiger partial charge in [-0.2, -0.15) is 0 Å². The van der Waals surface area contributed by atoms with Crippen LogP contribution in [0.5, 0.6) is 0 Å². The van der Waals surface area contributed by atoms with Crippen LogP contribution in [0, 0.1) is 13.8 Å². The average molecular weight is 563 g/mol. The summed E-state index contributed by atoms with van der Waals surface area (Å²) in [7, 11) is 1.74. The number of nitrogens with one attached hydrogen (secondary N) is 1. The Morgan fingerprint density at radius 1 is 1.13 bits per heavy atom. The molecule has 8 nitrogen and oxygen atoms in total. The highest BCUT2D eigenvalue weighted by molar-refractivity contribution is 6.31. The van der Waals surface area contributed by atoms with Crippen LogP contribution >= 0.6 is 24.0 Å². The summed E-state index contributed by atoms with van der Waals surface area (Å²) in [6.07, 6.45) is 2.51. The lowest BCUT2D eigenvalue weighted by Gasteiger charge is -2.39. The molecule has 3 amide bonds. The molecule has 1 aromatic carbocycles. The number of carbonyl (C=O) groups is 3. The van der Waals surface area contributed by atoms with Gasteiger partial charge in [0.1, 0.15) is 11.9 Å². The SMILES string of the molecule is CCN(C)C(=O)c1cc(C)nc(NC(=O)[C@H]2CCC(=O)N2C2CCN(Cc3ccc(Cl)c(C)c3)CC2)c1.Cl. The molecule has 10 heteroatoms. The highest BCUT2D eigenvalue weighted by Crippen LogP contribution is 2.29. The van der Waals surface area contributed by atoms with Crippen molar-refractivity contribution >= 4 is 47.5 Å². The fourth-order valence-corrected chi connectivity index (χ4v) is 5.38. The van der Waals surface area contributed by atoms with Crippen molar-refractivity contribution in [3.05, 3.63) is 57.7 Å². The van der Waals surface area contributed by atoms with Gasteiger partial charge in [0, 0.05) is 62.0 Å². The molecule has 1 atom stereocenters. The van der Waals surface area contributed by atoms with Crippen molar-refractivity contribution in [2.75, 3.05) is 32.0 Å². The molecule has 0 radical (unpaired) electrons. The monoisotopic (exact) mass is 561 g/mol. The first kappa shape index (κ1) is 29.9. The number of amides is 3. The first-order valence-electron chi connectivity index (χ1n) is 13.0. The number of carbonyl (C=O) groups excluding carboxylic acids is 3. The van der Waals surface area contributed by atoms with Crippen molar-refractivity contribution < 1.29 is 14.4 Å². The maximum absolute atomic E-state index is 13.3. The molecule has 0 aliphatic carbocycles. The fraction of sp³-hybridized carbons (Fsp3) is 0.500. The number of pyridine rings is 1. The van der Waals surface area contributed by atoms with Crippen LogP contribution in [-0.2, 0) is 16.1 Å². The molecule has 2 aliphatic heterocycles. The molecule has 1 aromatic heterocycles. The van der Waals surface area contributed by atoms with E-state index in [9.17, 15) is 14.4 Å². The molecule has 0 saturated carbocycles. The molecular weight excluding hydrogens is 525 g/mol.